The van der Waals surface area contributed by atoms with E-state index >= 15 is 0 Å². The molecule has 0 saturated carbocycles. The zero-order valence-corrected chi connectivity index (χ0v) is 15.8. The van der Waals surface area contributed by atoms with Gasteiger partial charge in [-0.2, -0.15) is 0 Å². The van der Waals surface area contributed by atoms with Gasteiger partial charge in [-0.25, -0.2) is 0 Å². The first-order valence-corrected chi connectivity index (χ1v) is 9.04. The van der Waals surface area contributed by atoms with Gasteiger partial charge in [-0.15, -0.1) is 0 Å². The second-order valence-corrected chi connectivity index (χ2v) is 6.78. The Labute approximate surface area is 155 Å². The fourth-order valence-corrected chi connectivity index (χ4v) is 3.26. The molecule has 0 aliphatic carbocycles. The average molecular weight is 353 g/mol. The molecule has 0 unspecified atom stereocenters. The van der Waals surface area contributed by atoms with Crippen LogP contribution in [0.25, 0.3) is 0 Å². The van der Waals surface area contributed by atoms with Crippen molar-refractivity contribution in [3.05, 3.63) is 53.6 Å². The van der Waals surface area contributed by atoms with E-state index in [0.717, 1.165) is 43.3 Å². The van der Waals surface area contributed by atoms with Crippen molar-refractivity contribution in [1.82, 2.24) is 4.90 Å². The van der Waals surface area contributed by atoms with E-state index in [-0.39, 0.29) is 5.91 Å². The van der Waals surface area contributed by atoms with Gasteiger partial charge in [-0.05, 0) is 49.2 Å². The topological polar surface area (TPSA) is 44.8 Å². The summed E-state index contributed by atoms with van der Waals surface area (Å²) in [4.78, 5) is 16.9. The second kappa shape index (κ2) is 8.23. The molecule has 1 fully saturated rings. The number of nitrogens with zero attached hydrogens (tertiary/aromatic N) is 2. The number of carbonyl (C=O) groups is 1. The van der Waals surface area contributed by atoms with Crippen LogP contribution >= 0.6 is 0 Å². The number of para-hydroxylation sites is 2. The van der Waals surface area contributed by atoms with Crippen LogP contribution in [0.2, 0.25) is 0 Å². The van der Waals surface area contributed by atoms with Gasteiger partial charge in [0.25, 0.3) is 0 Å². The number of aryl methyl sites for hydroxylation is 2. The largest absolute Gasteiger partial charge is 0.495 e. The highest BCUT2D eigenvalue weighted by Crippen LogP contribution is 2.28. The summed E-state index contributed by atoms with van der Waals surface area (Å²) in [6.07, 6.45) is 0. The summed E-state index contributed by atoms with van der Waals surface area (Å²) < 4.78 is 5.45. The van der Waals surface area contributed by atoms with Crippen LogP contribution in [-0.4, -0.2) is 50.6 Å². The molecule has 1 amide bonds. The summed E-state index contributed by atoms with van der Waals surface area (Å²) in [7, 11) is 1.70. The van der Waals surface area contributed by atoms with E-state index in [9.17, 15) is 4.79 Å². The molecule has 0 radical (unpaired) electrons. The van der Waals surface area contributed by atoms with Crippen LogP contribution in [0.15, 0.2) is 42.5 Å². The number of anilines is 2. The van der Waals surface area contributed by atoms with Crippen molar-refractivity contribution < 1.29 is 9.53 Å². The maximum atomic E-state index is 12.3. The van der Waals surface area contributed by atoms with Crippen LogP contribution in [0.1, 0.15) is 11.1 Å². The van der Waals surface area contributed by atoms with Crippen LogP contribution in [0, 0.1) is 13.8 Å². The molecule has 5 nitrogen and oxygen atoms in total. The lowest BCUT2D eigenvalue weighted by molar-refractivity contribution is -0.117. The van der Waals surface area contributed by atoms with Crippen LogP contribution in [0.4, 0.5) is 11.4 Å². The van der Waals surface area contributed by atoms with Gasteiger partial charge in [0.15, 0.2) is 0 Å². The van der Waals surface area contributed by atoms with Crippen molar-refractivity contribution in [2.75, 3.05) is 50.1 Å². The minimum Gasteiger partial charge on any atom is -0.495 e. The molecule has 26 heavy (non-hydrogen) atoms. The number of rotatable bonds is 5. The first-order valence-electron chi connectivity index (χ1n) is 9.04. The Balaban J connectivity index is 1.52. The quantitative estimate of drug-likeness (QED) is 0.897. The fraction of sp³-hybridized carbons (Fsp3) is 0.381. The molecular weight excluding hydrogens is 326 g/mol. The number of amides is 1. The predicted octanol–water partition coefficient (Wildman–Crippen LogP) is 3.07. The van der Waals surface area contributed by atoms with Crippen LogP contribution in [-0.2, 0) is 4.79 Å². The molecule has 3 rings (SSSR count). The van der Waals surface area contributed by atoms with Gasteiger partial charge >= 0.3 is 0 Å². The molecular formula is C21H27N3O2. The number of methoxy groups -OCH3 is 1. The molecule has 1 aliphatic rings. The van der Waals surface area contributed by atoms with E-state index in [0.29, 0.717) is 6.54 Å². The maximum Gasteiger partial charge on any atom is 0.238 e. The highest BCUT2D eigenvalue weighted by Gasteiger charge is 2.21. The van der Waals surface area contributed by atoms with E-state index in [1.54, 1.807) is 7.11 Å². The van der Waals surface area contributed by atoms with Gasteiger partial charge < -0.3 is 15.0 Å². The molecule has 0 aromatic heterocycles. The SMILES string of the molecule is COc1ccccc1N1CCN(CC(=O)Nc2ccc(C)c(C)c2)CC1. The monoisotopic (exact) mass is 353 g/mol. The van der Waals surface area contributed by atoms with Crippen molar-refractivity contribution in [3.8, 4) is 5.75 Å². The Bertz CT molecular complexity index is 768. The lowest BCUT2D eigenvalue weighted by atomic mass is 10.1. The molecule has 2 aromatic rings. The van der Waals surface area contributed by atoms with Crippen molar-refractivity contribution in [2.24, 2.45) is 0 Å². The van der Waals surface area contributed by atoms with Crippen LogP contribution < -0.4 is 15.0 Å². The lowest BCUT2D eigenvalue weighted by Crippen LogP contribution is -2.48. The summed E-state index contributed by atoms with van der Waals surface area (Å²) in [5, 5.41) is 3.00. The van der Waals surface area contributed by atoms with Gasteiger partial charge in [0, 0.05) is 31.9 Å². The summed E-state index contributed by atoms with van der Waals surface area (Å²) in [6, 6.07) is 14.1. The first kappa shape index (κ1) is 18.3. The average Bonchev–Trinajstić information content (AvgIpc) is 2.65. The van der Waals surface area contributed by atoms with E-state index in [4.69, 9.17) is 4.74 Å². The zero-order valence-electron chi connectivity index (χ0n) is 15.8. The van der Waals surface area contributed by atoms with Gasteiger partial charge in [-0.1, -0.05) is 18.2 Å². The lowest BCUT2D eigenvalue weighted by Gasteiger charge is -2.36. The number of piperazine rings is 1. The normalized spacial score (nSPS) is 15.0. The minimum atomic E-state index is 0.0407. The van der Waals surface area contributed by atoms with Crippen molar-refractivity contribution in [2.45, 2.75) is 13.8 Å². The summed E-state index contributed by atoms with van der Waals surface area (Å²) >= 11 is 0. The summed E-state index contributed by atoms with van der Waals surface area (Å²) in [5.41, 5.74) is 4.41. The Hall–Kier alpha value is -2.53. The standard InChI is InChI=1S/C21H27N3O2/c1-16-8-9-18(14-17(16)2)22-21(25)15-23-10-12-24(13-11-23)19-6-4-5-7-20(19)26-3/h4-9,14H,10-13,15H2,1-3H3,(H,22,25). The Morgan fingerprint density at radius 3 is 2.46 bits per heavy atom. The molecule has 2 aromatic carbocycles. The number of ether oxygens (including phenoxy) is 1. The van der Waals surface area contributed by atoms with Gasteiger partial charge in [0.2, 0.25) is 5.91 Å². The van der Waals surface area contributed by atoms with Crippen molar-refractivity contribution in [3.63, 3.8) is 0 Å². The molecule has 5 heteroatoms. The summed E-state index contributed by atoms with van der Waals surface area (Å²) in [6.45, 7) is 8.04. The molecule has 0 spiro atoms. The second-order valence-electron chi connectivity index (χ2n) is 6.78. The van der Waals surface area contributed by atoms with Crippen LogP contribution in [0.3, 0.4) is 0 Å². The highest BCUT2D eigenvalue weighted by molar-refractivity contribution is 5.92. The molecule has 0 bridgehead atoms. The molecule has 1 aliphatic heterocycles. The number of carbonyl (C=O) groups excluding carboxylic acids is 1. The smallest absolute Gasteiger partial charge is 0.238 e. The van der Waals surface area contributed by atoms with Gasteiger partial charge in [-0.3, -0.25) is 9.69 Å². The number of hydrogen-bond acceptors (Lipinski definition) is 4. The van der Waals surface area contributed by atoms with E-state index in [2.05, 4.69) is 35.0 Å². The van der Waals surface area contributed by atoms with Gasteiger partial charge in [0.05, 0.1) is 19.3 Å². The third-order valence-electron chi connectivity index (χ3n) is 4.96. The maximum absolute atomic E-state index is 12.3. The highest BCUT2D eigenvalue weighted by atomic mass is 16.5. The molecule has 1 saturated heterocycles. The van der Waals surface area contributed by atoms with E-state index < -0.39 is 0 Å². The molecule has 1 heterocycles. The van der Waals surface area contributed by atoms with Crippen molar-refractivity contribution in [1.29, 1.82) is 0 Å². The minimum absolute atomic E-state index is 0.0407. The molecule has 138 valence electrons. The third-order valence-corrected chi connectivity index (χ3v) is 4.96. The Kier molecular flexibility index (Phi) is 5.78. The zero-order chi connectivity index (χ0) is 18.5. The van der Waals surface area contributed by atoms with Crippen LogP contribution in [0.5, 0.6) is 5.75 Å². The predicted molar refractivity (Wildman–Crippen MR) is 106 cm³/mol. The first-order chi connectivity index (χ1) is 12.6. The number of benzene rings is 2. The van der Waals surface area contributed by atoms with Gasteiger partial charge in [0.1, 0.15) is 5.75 Å². The van der Waals surface area contributed by atoms with Crippen molar-refractivity contribution >= 4 is 17.3 Å². The molecule has 0 atom stereocenters. The summed E-state index contributed by atoms with van der Waals surface area (Å²) in [5.74, 6) is 0.937. The number of nitrogens with one attached hydrogen (secondary N) is 1. The third kappa shape index (κ3) is 4.35. The van der Waals surface area contributed by atoms with E-state index in [1.165, 1.54) is 11.1 Å². The Morgan fingerprint density at radius 1 is 1.04 bits per heavy atom. The molecule has 1 N–H and O–H groups in total. The van der Waals surface area contributed by atoms with E-state index in [1.807, 2.05) is 36.4 Å². The Morgan fingerprint density at radius 2 is 1.77 bits per heavy atom. The fourth-order valence-electron chi connectivity index (χ4n) is 3.26. The number of hydrogen-bond donors (Lipinski definition) is 1.